The van der Waals surface area contributed by atoms with Gasteiger partial charge in [-0.2, -0.15) is 0 Å². The number of hydrogen-bond acceptors (Lipinski definition) is 4. The van der Waals surface area contributed by atoms with Gasteiger partial charge in [0.15, 0.2) is 0 Å². The lowest BCUT2D eigenvalue weighted by Gasteiger charge is -2.39. The Morgan fingerprint density at radius 3 is 1.36 bits per heavy atom. The number of ether oxygens (including phenoxy) is 2. The fourth-order valence-corrected chi connectivity index (χ4v) is 15.3. The fourth-order valence-electron chi connectivity index (χ4n) is 14.1. The van der Waals surface area contributed by atoms with E-state index in [-0.39, 0.29) is 0 Å². The van der Waals surface area contributed by atoms with E-state index in [1.54, 1.807) is 0 Å². The summed E-state index contributed by atoms with van der Waals surface area (Å²) in [6, 6.07) is 100. The lowest BCUT2D eigenvalue weighted by Crippen LogP contribution is -2.32. The molecular weight excluding hydrogens is 967 g/mol. The molecule has 0 bridgehead atoms. The monoisotopic (exact) mass is 1010 g/mol. The van der Waals surface area contributed by atoms with Gasteiger partial charge in [-0.3, -0.25) is 0 Å². The van der Waals surface area contributed by atoms with Crippen molar-refractivity contribution < 1.29 is 9.47 Å². The Morgan fingerprint density at radius 1 is 0.295 bits per heavy atom. The minimum Gasteiger partial charge on any atom is -0.457 e. The summed E-state index contributed by atoms with van der Waals surface area (Å²) in [5.41, 5.74) is 21.4. The first kappa shape index (κ1) is 43.5. The predicted octanol–water partition coefficient (Wildman–Crippen LogP) is 19.8. The van der Waals surface area contributed by atoms with Crippen molar-refractivity contribution in [3.63, 3.8) is 0 Å². The standard InChI is InChI=1S/C74H45NO2S/c1-4-21-56-52(17-1)53-44-39-48(45-63(53)74(56)60-25-8-12-31-67(60)77-68-32-13-9-26-61(68)74)46-35-40-49(41-36-46)75(50-42-37-47(38-43-50)51-20-15-34-70-71(51)55-19-3-14-33-69(55)78-70)64-28-16-27-62-72(64)54-18-2-5-22-57(54)73(62)58-23-6-10-29-65(58)76-66-30-11-7-24-59(66)73/h1-45H. The van der Waals surface area contributed by atoms with Crippen LogP contribution in [0, 0.1) is 0 Å². The van der Waals surface area contributed by atoms with Crippen LogP contribution in [0.1, 0.15) is 44.5 Å². The summed E-state index contributed by atoms with van der Waals surface area (Å²) in [5, 5.41) is 2.61. The Labute approximate surface area is 456 Å². The Balaban J connectivity index is 0.856. The van der Waals surface area contributed by atoms with Crippen LogP contribution in [0.3, 0.4) is 0 Å². The van der Waals surface area contributed by atoms with Crippen LogP contribution in [0.4, 0.5) is 17.1 Å². The highest BCUT2D eigenvalue weighted by atomic mass is 32.1. The molecule has 2 aliphatic heterocycles. The Kier molecular flexibility index (Phi) is 9.14. The summed E-state index contributed by atoms with van der Waals surface area (Å²) >= 11 is 1.86. The summed E-state index contributed by atoms with van der Waals surface area (Å²) in [7, 11) is 0. The molecular formula is C74H45NO2S. The average molecular weight is 1010 g/mol. The van der Waals surface area contributed by atoms with Crippen molar-refractivity contribution >= 4 is 48.6 Å². The molecule has 2 spiro atoms. The number of benzene rings is 12. The largest absolute Gasteiger partial charge is 0.457 e. The van der Waals surface area contributed by atoms with Gasteiger partial charge in [0.1, 0.15) is 23.0 Å². The van der Waals surface area contributed by atoms with Crippen LogP contribution in [0.25, 0.3) is 64.7 Å². The second-order valence-electron chi connectivity index (χ2n) is 20.9. The Hall–Kier alpha value is -9.74. The van der Waals surface area contributed by atoms with E-state index in [0.717, 1.165) is 73.4 Å². The third kappa shape index (κ3) is 5.82. The summed E-state index contributed by atoms with van der Waals surface area (Å²) in [6.07, 6.45) is 0. The summed E-state index contributed by atoms with van der Waals surface area (Å²) in [5.74, 6) is 3.55. The second kappa shape index (κ2) is 16.4. The summed E-state index contributed by atoms with van der Waals surface area (Å²) < 4.78 is 16.0. The van der Waals surface area contributed by atoms with Gasteiger partial charge in [0.25, 0.3) is 0 Å². The number of thiophene rings is 1. The number of nitrogens with zero attached hydrogens (tertiary/aromatic N) is 1. The molecule has 2 aliphatic carbocycles. The van der Waals surface area contributed by atoms with Gasteiger partial charge < -0.3 is 14.4 Å². The van der Waals surface area contributed by atoms with Gasteiger partial charge in [0, 0.05) is 59.4 Å². The molecule has 0 saturated heterocycles. The number of hydrogen-bond donors (Lipinski definition) is 0. The number of rotatable bonds is 5. The molecule has 78 heavy (non-hydrogen) atoms. The number of fused-ring (bicyclic) bond motifs is 21. The lowest BCUT2D eigenvalue weighted by molar-refractivity contribution is 0.436. The average Bonchev–Trinajstić information content (AvgIpc) is 3.21. The van der Waals surface area contributed by atoms with Crippen LogP contribution in [-0.4, -0.2) is 0 Å². The molecule has 3 nitrogen and oxygen atoms in total. The van der Waals surface area contributed by atoms with Gasteiger partial charge >= 0.3 is 0 Å². The molecule has 0 radical (unpaired) electrons. The van der Waals surface area contributed by atoms with Crippen molar-refractivity contribution in [2.45, 2.75) is 10.8 Å². The van der Waals surface area contributed by atoms with Gasteiger partial charge in [0.2, 0.25) is 0 Å². The molecule has 1 aromatic heterocycles. The maximum Gasteiger partial charge on any atom is 0.132 e. The topological polar surface area (TPSA) is 21.7 Å². The highest BCUT2D eigenvalue weighted by molar-refractivity contribution is 7.25. The lowest BCUT2D eigenvalue weighted by atomic mass is 9.66. The van der Waals surface area contributed by atoms with E-state index in [1.807, 2.05) is 11.3 Å². The Bertz CT molecular complexity index is 4550. The third-order valence-electron chi connectivity index (χ3n) is 17.2. The maximum absolute atomic E-state index is 6.74. The van der Waals surface area contributed by atoms with E-state index < -0.39 is 10.8 Å². The number of para-hydroxylation sites is 4. The summed E-state index contributed by atoms with van der Waals surface area (Å²) in [4.78, 5) is 2.48. The van der Waals surface area contributed by atoms with Crippen molar-refractivity contribution in [1.29, 1.82) is 0 Å². The van der Waals surface area contributed by atoms with Gasteiger partial charge in [-0.15, -0.1) is 11.3 Å². The predicted molar refractivity (Wildman–Crippen MR) is 320 cm³/mol. The third-order valence-corrected chi connectivity index (χ3v) is 18.4. The SMILES string of the molecule is c1ccc2c(c1)Oc1ccccc1C21c2ccccc2-c2ccc(-c3ccc(N(c4ccc(-c5cccc6sc7ccccc7c56)cc4)c4cccc5c4-c4ccccc4C54c5ccccc5Oc5ccccc54)cc3)cc21. The van der Waals surface area contributed by atoms with Crippen molar-refractivity contribution in [3.05, 3.63) is 317 Å². The van der Waals surface area contributed by atoms with E-state index >= 15 is 0 Å². The molecule has 0 unspecified atom stereocenters. The van der Waals surface area contributed by atoms with Gasteiger partial charge in [0.05, 0.1) is 16.5 Å². The first-order valence-electron chi connectivity index (χ1n) is 26.8. The van der Waals surface area contributed by atoms with E-state index in [2.05, 4.69) is 278 Å². The zero-order valence-corrected chi connectivity index (χ0v) is 43.0. The van der Waals surface area contributed by atoms with Gasteiger partial charge in [-0.05, 0) is 134 Å². The fraction of sp³-hybridized carbons (Fsp3) is 0.0270. The van der Waals surface area contributed by atoms with Gasteiger partial charge in [-0.1, -0.05) is 200 Å². The molecule has 0 atom stereocenters. The minimum absolute atomic E-state index is 0.550. The smallest absolute Gasteiger partial charge is 0.132 e. The van der Waals surface area contributed by atoms with Crippen molar-refractivity contribution in [1.82, 2.24) is 0 Å². The molecule has 4 heteroatoms. The van der Waals surface area contributed by atoms with E-state index in [0.29, 0.717) is 0 Å². The minimum atomic E-state index is -0.606. The van der Waals surface area contributed by atoms with Crippen molar-refractivity contribution in [2.75, 3.05) is 4.90 Å². The molecule has 12 aromatic carbocycles. The second-order valence-corrected chi connectivity index (χ2v) is 22.0. The molecule has 0 amide bonds. The molecule has 13 aromatic rings. The molecule has 0 fully saturated rings. The molecule has 4 aliphatic rings. The normalized spacial score (nSPS) is 14.1. The van der Waals surface area contributed by atoms with E-state index in [1.165, 1.54) is 75.8 Å². The molecule has 364 valence electrons. The van der Waals surface area contributed by atoms with Crippen LogP contribution in [0.2, 0.25) is 0 Å². The van der Waals surface area contributed by atoms with E-state index in [4.69, 9.17) is 9.47 Å². The Morgan fingerprint density at radius 2 is 0.731 bits per heavy atom. The van der Waals surface area contributed by atoms with E-state index in [9.17, 15) is 0 Å². The quantitative estimate of drug-likeness (QED) is 0.171. The first-order chi connectivity index (χ1) is 38.7. The van der Waals surface area contributed by atoms with Crippen LogP contribution in [0.5, 0.6) is 23.0 Å². The van der Waals surface area contributed by atoms with Gasteiger partial charge in [-0.25, -0.2) is 0 Å². The highest BCUT2D eigenvalue weighted by Crippen LogP contribution is 2.65. The molecule has 17 rings (SSSR count). The first-order valence-corrected chi connectivity index (χ1v) is 27.6. The van der Waals surface area contributed by atoms with Crippen LogP contribution in [0.15, 0.2) is 273 Å². The molecule has 0 N–H and O–H groups in total. The molecule has 0 saturated carbocycles. The van der Waals surface area contributed by atoms with Crippen molar-refractivity contribution in [3.8, 4) is 67.5 Å². The number of anilines is 3. The summed E-state index contributed by atoms with van der Waals surface area (Å²) in [6.45, 7) is 0. The zero-order valence-electron chi connectivity index (χ0n) is 42.2. The van der Waals surface area contributed by atoms with Crippen LogP contribution in [-0.2, 0) is 10.8 Å². The zero-order chi connectivity index (χ0) is 51.1. The van der Waals surface area contributed by atoms with Crippen LogP contribution >= 0.6 is 11.3 Å². The molecule has 3 heterocycles. The highest BCUT2D eigenvalue weighted by Gasteiger charge is 2.53. The maximum atomic E-state index is 6.74. The van der Waals surface area contributed by atoms with Crippen LogP contribution < -0.4 is 14.4 Å². The van der Waals surface area contributed by atoms with Crippen molar-refractivity contribution in [2.24, 2.45) is 0 Å².